The summed E-state index contributed by atoms with van der Waals surface area (Å²) in [7, 11) is 0. The molecule has 0 fully saturated rings. The summed E-state index contributed by atoms with van der Waals surface area (Å²) in [6.07, 6.45) is -3.07. The van der Waals surface area contributed by atoms with E-state index in [0.29, 0.717) is 11.0 Å². The maximum absolute atomic E-state index is 12.0. The number of hydrogen-bond acceptors (Lipinski definition) is 4. The monoisotopic (exact) mass is 330 g/mol. The molecule has 0 aliphatic heterocycles. The van der Waals surface area contributed by atoms with Crippen molar-refractivity contribution in [3.05, 3.63) is 40.9 Å². The van der Waals surface area contributed by atoms with Crippen molar-refractivity contribution in [2.45, 2.75) is 26.1 Å². The van der Waals surface area contributed by atoms with Crippen molar-refractivity contribution in [1.29, 1.82) is 0 Å². The van der Waals surface area contributed by atoms with Crippen molar-refractivity contribution in [2.75, 3.05) is 5.32 Å². The largest absolute Gasteiger partial charge is 0.573 e. The average molecular weight is 330 g/mol. The molecule has 1 amide bonds. The molecule has 4 nitrogen and oxygen atoms in total. The standard InChI is InChI=1S/C14H13F3N2O2S/c1-8(2)11-7-18-13(22-11)19-12(20)9-3-5-10(6-4-9)21-14(15,16)17/h3-8H,1-2H3,(H,18,19,20). The lowest BCUT2D eigenvalue weighted by Gasteiger charge is -2.09. The third-order valence-electron chi connectivity index (χ3n) is 2.66. The number of anilines is 1. The van der Waals surface area contributed by atoms with Gasteiger partial charge in [-0.1, -0.05) is 13.8 Å². The van der Waals surface area contributed by atoms with Crippen LogP contribution in [0.1, 0.15) is 35.0 Å². The summed E-state index contributed by atoms with van der Waals surface area (Å²) in [4.78, 5) is 17.1. The van der Waals surface area contributed by atoms with Gasteiger partial charge in [-0.05, 0) is 30.2 Å². The van der Waals surface area contributed by atoms with Crippen LogP contribution in [-0.4, -0.2) is 17.3 Å². The Bertz CT molecular complexity index is 651. The first-order chi connectivity index (χ1) is 10.2. The first kappa shape index (κ1) is 16.3. The van der Waals surface area contributed by atoms with Crippen molar-refractivity contribution in [2.24, 2.45) is 0 Å². The Labute approximate surface area is 128 Å². The summed E-state index contributed by atoms with van der Waals surface area (Å²) >= 11 is 1.36. The Morgan fingerprint density at radius 2 is 1.91 bits per heavy atom. The number of aromatic nitrogens is 1. The van der Waals surface area contributed by atoms with E-state index in [1.54, 1.807) is 6.20 Å². The predicted molar refractivity (Wildman–Crippen MR) is 77.3 cm³/mol. The van der Waals surface area contributed by atoms with E-state index in [2.05, 4.69) is 15.0 Å². The third kappa shape index (κ3) is 4.45. The maximum Gasteiger partial charge on any atom is 0.573 e. The minimum absolute atomic E-state index is 0.218. The zero-order chi connectivity index (χ0) is 16.3. The SMILES string of the molecule is CC(C)c1cnc(NC(=O)c2ccc(OC(F)(F)F)cc2)s1. The average Bonchev–Trinajstić information content (AvgIpc) is 2.86. The molecular weight excluding hydrogens is 317 g/mol. The van der Waals surface area contributed by atoms with Crippen molar-refractivity contribution < 1.29 is 22.7 Å². The Kier molecular flexibility index (Phi) is 4.70. The molecule has 0 aliphatic rings. The minimum Gasteiger partial charge on any atom is -0.406 e. The van der Waals surface area contributed by atoms with E-state index >= 15 is 0 Å². The van der Waals surface area contributed by atoms with E-state index in [9.17, 15) is 18.0 Å². The van der Waals surface area contributed by atoms with Crippen LogP contribution in [0.25, 0.3) is 0 Å². The highest BCUT2D eigenvalue weighted by Crippen LogP contribution is 2.26. The molecular formula is C14H13F3N2O2S. The van der Waals surface area contributed by atoms with Crippen LogP contribution in [-0.2, 0) is 0 Å². The number of rotatable bonds is 4. The van der Waals surface area contributed by atoms with Crippen LogP contribution in [0, 0.1) is 0 Å². The molecule has 0 atom stereocenters. The Hall–Kier alpha value is -2.09. The molecule has 0 aliphatic carbocycles. The van der Waals surface area contributed by atoms with Crippen LogP contribution < -0.4 is 10.1 Å². The molecule has 0 bridgehead atoms. The highest BCUT2D eigenvalue weighted by molar-refractivity contribution is 7.15. The van der Waals surface area contributed by atoms with Crippen LogP contribution in [0.4, 0.5) is 18.3 Å². The second-order valence-electron chi connectivity index (χ2n) is 4.75. The number of carbonyl (C=O) groups excluding carboxylic acids is 1. The Balaban J connectivity index is 2.03. The van der Waals surface area contributed by atoms with Crippen LogP contribution >= 0.6 is 11.3 Å². The number of benzene rings is 1. The minimum atomic E-state index is -4.75. The van der Waals surface area contributed by atoms with E-state index < -0.39 is 12.3 Å². The topological polar surface area (TPSA) is 51.2 Å². The van der Waals surface area contributed by atoms with Crippen LogP contribution in [0.3, 0.4) is 0 Å². The quantitative estimate of drug-likeness (QED) is 0.903. The van der Waals surface area contributed by atoms with Gasteiger partial charge in [0, 0.05) is 16.6 Å². The molecule has 0 unspecified atom stereocenters. The second kappa shape index (κ2) is 6.35. The fraction of sp³-hybridized carbons (Fsp3) is 0.286. The van der Waals surface area contributed by atoms with E-state index in [0.717, 1.165) is 17.0 Å². The lowest BCUT2D eigenvalue weighted by molar-refractivity contribution is -0.274. The molecule has 1 aromatic heterocycles. The van der Waals surface area contributed by atoms with Gasteiger partial charge in [-0.3, -0.25) is 10.1 Å². The van der Waals surface area contributed by atoms with Crippen molar-refractivity contribution in [1.82, 2.24) is 4.98 Å². The summed E-state index contributed by atoms with van der Waals surface area (Å²) in [5, 5.41) is 3.06. The van der Waals surface area contributed by atoms with Gasteiger partial charge < -0.3 is 4.74 Å². The van der Waals surface area contributed by atoms with Crippen LogP contribution in [0.15, 0.2) is 30.5 Å². The first-order valence-electron chi connectivity index (χ1n) is 6.37. The highest BCUT2D eigenvalue weighted by atomic mass is 32.1. The van der Waals surface area contributed by atoms with E-state index in [-0.39, 0.29) is 11.3 Å². The van der Waals surface area contributed by atoms with Crippen LogP contribution in [0.2, 0.25) is 0 Å². The van der Waals surface area contributed by atoms with Crippen molar-refractivity contribution in [3.63, 3.8) is 0 Å². The number of carbonyl (C=O) groups is 1. The van der Waals surface area contributed by atoms with Gasteiger partial charge in [0.05, 0.1) is 0 Å². The zero-order valence-corrected chi connectivity index (χ0v) is 12.6. The third-order valence-corrected chi connectivity index (χ3v) is 3.88. The van der Waals surface area contributed by atoms with Gasteiger partial charge in [-0.2, -0.15) is 0 Å². The molecule has 1 heterocycles. The molecule has 2 aromatic rings. The fourth-order valence-electron chi connectivity index (χ4n) is 1.59. The molecule has 2 rings (SSSR count). The van der Waals surface area contributed by atoms with E-state index in [1.165, 1.54) is 23.5 Å². The number of nitrogens with zero attached hydrogens (tertiary/aromatic N) is 1. The normalized spacial score (nSPS) is 11.5. The highest BCUT2D eigenvalue weighted by Gasteiger charge is 2.31. The molecule has 0 saturated heterocycles. The van der Waals surface area contributed by atoms with E-state index in [1.807, 2.05) is 13.8 Å². The lowest BCUT2D eigenvalue weighted by Crippen LogP contribution is -2.17. The molecule has 22 heavy (non-hydrogen) atoms. The molecule has 0 saturated carbocycles. The zero-order valence-electron chi connectivity index (χ0n) is 11.8. The smallest absolute Gasteiger partial charge is 0.406 e. The number of nitrogens with one attached hydrogen (secondary N) is 1. The molecule has 0 radical (unpaired) electrons. The van der Waals surface area contributed by atoms with Gasteiger partial charge in [0.25, 0.3) is 5.91 Å². The summed E-state index contributed by atoms with van der Waals surface area (Å²) in [6, 6.07) is 4.69. The predicted octanol–water partition coefficient (Wildman–Crippen LogP) is 4.42. The number of halogens is 3. The second-order valence-corrected chi connectivity index (χ2v) is 5.81. The van der Waals surface area contributed by atoms with Gasteiger partial charge in [-0.15, -0.1) is 24.5 Å². The summed E-state index contributed by atoms with van der Waals surface area (Å²) in [6.45, 7) is 4.02. The Morgan fingerprint density at radius 1 is 1.27 bits per heavy atom. The molecule has 8 heteroatoms. The number of thiazole rings is 1. The summed E-state index contributed by atoms with van der Waals surface area (Å²) < 4.78 is 39.9. The number of ether oxygens (including phenoxy) is 1. The molecule has 0 spiro atoms. The van der Waals surface area contributed by atoms with Gasteiger partial charge in [0.15, 0.2) is 5.13 Å². The molecule has 1 N–H and O–H groups in total. The number of amides is 1. The lowest BCUT2D eigenvalue weighted by atomic mass is 10.2. The van der Waals surface area contributed by atoms with E-state index in [4.69, 9.17) is 0 Å². The van der Waals surface area contributed by atoms with Gasteiger partial charge in [-0.25, -0.2) is 4.98 Å². The van der Waals surface area contributed by atoms with Crippen molar-refractivity contribution >= 4 is 22.4 Å². The summed E-state index contributed by atoms with van der Waals surface area (Å²) in [5.41, 5.74) is 0.218. The van der Waals surface area contributed by atoms with Crippen molar-refractivity contribution in [3.8, 4) is 5.75 Å². The summed E-state index contributed by atoms with van der Waals surface area (Å²) in [5.74, 6) is -0.509. The number of hydrogen-bond donors (Lipinski definition) is 1. The maximum atomic E-state index is 12.0. The van der Waals surface area contributed by atoms with Crippen LogP contribution in [0.5, 0.6) is 5.75 Å². The molecule has 1 aromatic carbocycles. The number of alkyl halides is 3. The van der Waals surface area contributed by atoms with Gasteiger partial charge in [0.2, 0.25) is 0 Å². The van der Waals surface area contributed by atoms with Gasteiger partial charge in [0.1, 0.15) is 5.75 Å². The van der Waals surface area contributed by atoms with Gasteiger partial charge >= 0.3 is 6.36 Å². The fourth-order valence-corrected chi connectivity index (χ4v) is 2.40. The Morgan fingerprint density at radius 3 is 2.41 bits per heavy atom. The molecule has 118 valence electrons. The first-order valence-corrected chi connectivity index (χ1v) is 7.19.